The summed E-state index contributed by atoms with van der Waals surface area (Å²) in [6.07, 6.45) is -0.00827. The molecular weight excluding hydrogens is 168 g/mol. The highest BCUT2D eigenvalue weighted by Gasteiger charge is 2.28. The van der Waals surface area contributed by atoms with Crippen LogP contribution < -0.4 is 5.32 Å². The topological polar surface area (TPSA) is 55.7 Å². The molecule has 0 aromatic rings. The van der Waals surface area contributed by atoms with Crippen molar-refractivity contribution in [3.63, 3.8) is 0 Å². The summed E-state index contributed by atoms with van der Waals surface area (Å²) in [5.41, 5.74) is 0. The van der Waals surface area contributed by atoms with E-state index in [9.17, 15) is 10.2 Å². The first-order chi connectivity index (χ1) is 6.24. The van der Waals surface area contributed by atoms with Crippen molar-refractivity contribution in [3.8, 4) is 0 Å². The van der Waals surface area contributed by atoms with Crippen molar-refractivity contribution in [3.05, 3.63) is 0 Å². The molecule has 13 heavy (non-hydrogen) atoms. The second kappa shape index (κ2) is 5.54. The second-order valence-electron chi connectivity index (χ2n) is 3.60. The van der Waals surface area contributed by atoms with Gasteiger partial charge in [0, 0.05) is 13.1 Å². The average molecular weight is 188 g/mol. The minimum Gasteiger partial charge on any atom is -0.389 e. The summed E-state index contributed by atoms with van der Waals surface area (Å²) in [5, 5.41) is 21.8. The van der Waals surface area contributed by atoms with Gasteiger partial charge in [0.1, 0.15) is 0 Å². The van der Waals surface area contributed by atoms with Crippen LogP contribution in [-0.2, 0) is 0 Å². The lowest BCUT2D eigenvalue weighted by molar-refractivity contribution is 0.0572. The van der Waals surface area contributed by atoms with Gasteiger partial charge in [-0.15, -0.1) is 0 Å². The Hall–Kier alpha value is -0.160. The van der Waals surface area contributed by atoms with E-state index in [0.717, 1.165) is 26.1 Å². The summed E-state index contributed by atoms with van der Waals surface area (Å²) in [5.74, 6) is 0. The van der Waals surface area contributed by atoms with Crippen LogP contribution in [0.4, 0.5) is 0 Å². The summed E-state index contributed by atoms with van der Waals surface area (Å²) in [6, 6.07) is 0. The van der Waals surface area contributed by atoms with Crippen molar-refractivity contribution in [1.29, 1.82) is 0 Å². The number of nitrogens with one attached hydrogen (secondary N) is 1. The van der Waals surface area contributed by atoms with Gasteiger partial charge in [-0.1, -0.05) is 6.92 Å². The summed E-state index contributed by atoms with van der Waals surface area (Å²) >= 11 is 0. The lowest BCUT2D eigenvalue weighted by atomic mass is 10.3. The van der Waals surface area contributed by atoms with E-state index >= 15 is 0 Å². The largest absolute Gasteiger partial charge is 0.389 e. The summed E-state index contributed by atoms with van der Waals surface area (Å²) in [6.45, 7) is 6.30. The molecule has 1 saturated heterocycles. The molecule has 2 atom stereocenters. The van der Waals surface area contributed by atoms with E-state index in [4.69, 9.17) is 0 Å². The molecule has 1 aliphatic rings. The van der Waals surface area contributed by atoms with Crippen molar-refractivity contribution >= 4 is 0 Å². The van der Waals surface area contributed by atoms with Gasteiger partial charge in [0.25, 0.3) is 0 Å². The van der Waals surface area contributed by atoms with E-state index in [1.165, 1.54) is 0 Å². The highest BCUT2D eigenvalue weighted by molar-refractivity contribution is 4.82. The molecule has 1 rings (SSSR count). The first kappa shape index (κ1) is 10.9. The van der Waals surface area contributed by atoms with Gasteiger partial charge in [-0.2, -0.15) is 0 Å². The van der Waals surface area contributed by atoms with Gasteiger partial charge in [-0.3, -0.25) is 4.90 Å². The number of β-amino-alcohol motifs (C(OH)–C–C–N with tert-alkyl or cyclic N) is 2. The number of nitrogens with zero attached hydrogens (tertiary/aromatic N) is 1. The normalized spacial score (nSPS) is 29.8. The van der Waals surface area contributed by atoms with Crippen LogP contribution in [0.3, 0.4) is 0 Å². The van der Waals surface area contributed by atoms with Crippen molar-refractivity contribution in [2.45, 2.75) is 25.6 Å². The van der Waals surface area contributed by atoms with Gasteiger partial charge in [0.05, 0.1) is 12.2 Å². The van der Waals surface area contributed by atoms with E-state index in [0.29, 0.717) is 13.1 Å². The number of hydrogen-bond acceptors (Lipinski definition) is 4. The van der Waals surface area contributed by atoms with Crippen LogP contribution in [0, 0.1) is 0 Å². The molecule has 1 heterocycles. The van der Waals surface area contributed by atoms with Crippen molar-refractivity contribution in [2.24, 2.45) is 0 Å². The number of hydrogen-bond donors (Lipinski definition) is 3. The first-order valence-electron chi connectivity index (χ1n) is 5.03. The SMILES string of the molecule is CCNCCCN1CC(O)C(O)C1. The number of aliphatic hydroxyl groups is 2. The Balaban J connectivity index is 2.03. The second-order valence-corrected chi connectivity index (χ2v) is 3.60. The van der Waals surface area contributed by atoms with Gasteiger partial charge in [0.15, 0.2) is 0 Å². The van der Waals surface area contributed by atoms with Crippen LogP contribution in [-0.4, -0.2) is 60.0 Å². The molecule has 0 amide bonds. The van der Waals surface area contributed by atoms with E-state index < -0.39 is 12.2 Å². The minimum atomic E-state index is -0.542. The fraction of sp³-hybridized carbons (Fsp3) is 1.00. The van der Waals surface area contributed by atoms with E-state index in [-0.39, 0.29) is 0 Å². The standard InChI is InChI=1S/C9H20N2O2/c1-2-10-4-3-5-11-6-8(12)9(13)7-11/h8-10,12-13H,2-7H2,1H3. The molecular formula is C9H20N2O2. The Morgan fingerprint density at radius 2 is 1.92 bits per heavy atom. The Bertz CT molecular complexity index is 134. The van der Waals surface area contributed by atoms with Gasteiger partial charge in [-0.05, 0) is 26.1 Å². The molecule has 4 nitrogen and oxygen atoms in total. The average Bonchev–Trinajstić information content (AvgIpc) is 2.41. The molecule has 0 bridgehead atoms. The van der Waals surface area contributed by atoms with Gasteiger partial charge in [0.2, 0.25) is 0 Å². The fourth-order valence-electron chi connectivity index (χ4n) is 1.63. The number of rotatable bonds is 5. The monoisotopic (exact) mass is 188 g/mol. The van der Waals surface area contributed by atoms with Crippen molar-refractivity contribution in [2.75, 3.05) is 32.7 Å². The molecule has 0 saturated carbocycles. The minimum absolute atomic E-state index is 0.542. The molecule has 0 radical (unpaired) electrons. The Morgan fingerprint density at radius 1 is 1.31 bits per heavy atom. The van der Waals surface area contributed by atoms with Crippen LogP contribution in [0.1, 0.15) is 13.3 Å². The van der Waals surface area contributed by atoms with Crippen molar-refractivity contribution in [1.82, 2.24) is 10.2 Å². The molecule has 4 heteroatoms. The molecule has 2 unspecified atom stereocenters. The highest BCUT2D eigenvalue weighted by Crippen LogP contribution is 2.09. The molecule has 78 valence electrons. The maximum atomic E-state index is 9.26. The Morgan fingerprint density at radius 3 is 2.46 bits per heavy atom. The third kappa shape index (κ3) is 3.60. The predicted molar refractivity (Wildman–Crippen MR) is 51.6 cm³/mol. The van der Waals surface area contributed by atoms with Crippen LogP contribution in [0.2, 0.25) is 0 Å². The molecule has 3 N–H and O–H groups in total. The molecule has 0 aromatic heterocycles. The summed E-state index contributed by atoms with van der Waals surface area (Å²) < 4.78 is 0. The van der Waals surface area contributed by atoms with Crippen LogP contribution in [0.25, 0.3) is 0 Å². The zero-order chi connectivity index (χ0) is 9.68. The predicted octanol–water partition coefficient (Wildman–Crippen LogP) is -0.977. The van der Waals surface area contributed by atoms with Gasteiger partial charge < -0.3 is 15.5 Å². The molecule has 0 aromatic carbocycles. The van der Waals surface area contributed by atoms with E-state index in [2.05, 4.69) is 17.1 Å². The van der Waals surface area contributed by atoms with Gasteiger partial charge >= 0.3 is 0 Å². The fourth-order valence-corrected chi connectivity index (χ4v) is 1.63. The number of aliphatic hydroxyl groups excluding tert-OH is 2. The quantitative estimate of drug-likeness (QED) is 0.486. The van der Waals surface area contributed by atoms with E-state index in [1.807, 2.05) is 0 Å². The van der Waals surface area contributed by atoms with Crippen LogP contribution in [0.15, 0.2) is 0 Å². The Kier molecular flexibility index (Phi) is 4.66. The zero-order valence-corrected chi connectivity index (χ0v) is 8.24. The van der Waals surface area contributed by atoms with Crippen LogP contribution >= 0.6 is 0 Å². The third-order valence-corrected chi connectivity index (χ3v) is 2.41. The summed E-state index contributed by atoms with van der Waals surface area (Å²) in [4.78, 5) is 2.10. The maximum Gasteiger partial charge on any atom is 0.0938 e. The first-order valence-corrected chi connectivity index (χ1v) is 5.03. The smallest absolute Gasteiger partial charge is 0.0938 e. The van der Waals surface area contributed by atoms with Gasteiger partial charge in [-0.25, -0.2) is 0 Å². The van der Waals surface area contributed by atoms with Crippen LogP contribution in [0.5, 0.6) is 0 Å². The lowest BCUT2D eigenvalue weighted by Crippen LogP contribution is -2.26. The molecule has 1 fully saturated rings. The summed E-state index contributed by atoms with van der Waals surface area (Å²) in [7, 11) is 0. The third-order valence-electron chi connectivity index (χ3n) is 2.41. The number of likely N-dealkylation sites (tertiary alicyclic amines) is 1. The zero-order valence-electron chi connectivity index (χ0n) is 8.24. The van der Waals surface area contributed by atoms with Crippen molar-refractivity contribution < 1.29 is 10.2 Å². The lowest BCUT2D eigenvalue weighted by Gasteiger charge is -2.14. The maximum absolute atomic E-state index is 9.26. The highest BCUT2D eigenvalue weighted by atomic mass is 16.3. The molecule has 0 spiro atoms. The molecule has 0 aliphatic carbocycles. The molecule has 1 aliphatic heterocycles. The van der Waals surface area contributed by atoms with E-state index in [1.54, 1.807) is 0 Å². The Labute approximate surface area is 79.6 Å².